The molecular weight excluding hydrogens is 363 g/mol. The van der Waals surface area contributed by atoms with Crippen molar-refractivity contribution in [3.05, 3.63) is 73.5 Å². The van der Waals surface area contributed by atoms with Gasteiger partial charge in [-0.1, -0.05) is 63.4 Å². The molecule has 2 aromatic carbocycles. The van der Waals surface area contributed by atoms with Crippen LogP contribution in [0.15, 0.2) is 52.3 Å². The fourth-order valence-electron chi connectivity index (χ4n) is 1.50. The molecule has 0 spiro atoms. The molecular formula is C15H11BrCl2S. The third-order valence-electron chi connectivity index (χ3n) is 2.49. The molecule has 4 heteroatoms. The molecule has 2 rings (SSSR count). The molecule has 0 N–H and O–H groups in total. The first-order chi connectivity index (χ1) is 9.16. The lowest BCUT2D eigenvalue weighted by Crippen LogP contribution is -1.78. The summed E-state index contributed by atoms with van der Waals surface area (Å²) < 4.78 is 1.10. The minimum absolute atomic E-state index is 0.585. The summed E-state index contributed by atoms with van der Waals surface area (Å²) in [5, 5.41) is 3.23. The molecule has 0 radical (unpaired) electrons. The topological polar surface area (TPSA) is 0 Å². The molecule has 2 aromatic rings. The van der Waals surface area contributed by atoms with Crippen molar-refractivity contribution in [3.63, 3.8) is 0 Å². The second-order valence-corrected chi connectivity index (χ2v) is 6.48. The lowest BCUT2D eigenvalue weighted by molar-refractivity contribution is 1.41. The van der Waals surface area contributed by atoms with Crippen LogP contribution in [0.4, 0.5) is 0 Å². The highest BCUT2D eigenvalue weighted by atomic mass is 79.9. The van der Waals surface area contributed by atoms with Crippen molar-refractivity contribution in [1.82, 2.24) is 0 Å². The molecule has 0 bridgehead atoms. The van der Waals surface area contributed by atoms with Gasteiger partial charge in [-0.05, 0) is 40.8 Å². The van der Waals surface area contributed by atoms with E-state index in [0.717, 1.165) is 15.8 Å². The number of hydrogen-bond acceptors (Lipinski definition) is 1. The SMILES string of the molecule is Clc1cccc(C=CSCc2ccc(Br)cc2)c1Cl. The first-order valence-corrected chi connectivity index (χ1v) is 8.23. The molecule has 0 aliphatic rings. The van der Waals surface area contributed by atoms with Gasteiger partial charge in [0.2, 0.25) is 0 Å². The summed E-state index contributed by atoms with van der Waals surface area (Å²) in [6.45, 7) is 0. The maximum Gasteiger partial charge on any atom is 0.0664 e. The van der Waals surface area contributed by atoms with Gasteiger partial charge in [-0.15, -0.1) is 11.8 Å². The van der Waals surface area contributed by atoms with Crippen molar-refractivity contribution in [3.8, 4) is 0 Å². The van der Waals surface area contributed by atoms with Crippen LogP contribution in [0.25, 0.3) is 6.08 Å². The standard InChI is InChI=1S/C15H11BrCl2S/c16-13-6-4-11(5-7-13)10-19-9-8-12-2-1-3-14(17)15(12)18/h1-9H,10H2. The molecule has 0 atom stereocenters. The average molecular weight is 374 g/mol. The Morgan fingerprint density at radius 1 is 1.05 bits per heavy atom. The summed E-state index contributed by atoms with van der Waals surface area (Å²) in [6.07, 6.45) is 1.98. The van der Waals surface area contributed by atoms with Gasteiger partial charge in [-0.25, -0.2) is 0 Å². The van der Waals surface area contributed by atoms with Crippen LogP contribution in [0, 0.1) is 0 Å². The van der Waals surface area contributed by atoms with Crippen LogP contribution in [-0.2, 0) is 5.75 Å². The maximum atomic E-state index is 6.11. The fourth-order valence-corrected chi connectivity index (χ4v) is 2.85. The molecule has 0 fully saturated rings. The Morgan fingerprint density at radius 3 is 2.53 bits per heavy atom. The summed E-state index contributed by atoms with van der Waals surface area (Å²) in [5.41, 5.74) is 2.23. The number of hydrogen-bond donors (Lipinski definition) is 0. The van der Waals surface area contributed by atoms with E-state index >= 15 is 0 Å². The predicted octanol–water partition coefficient (Wildman–Crippen LogP) is 6.66. The van der Waals surface area contributed by atoms with Gasteiger partial charge in [0.05, 0.1) is 10.0 Å². The molecule has 98 valence electrons. The Kier molecular flexibility index (Phi) is 5.83. The smallest absolute Gasteiger partial charge is 0.0664 e. The molecule has 0 unspecified atom stereocenters. The van der Waals surface area contributed by atoms with Crippen molar-refractivity contribution in [1.29, 1.82) is 0 Å². The molecule has 0 aliphatic heterocycles. The summed E-state index contributed by atoms with van der Waals surface area (Å²) in [6, 6.07) is 13.9. The van der Waals surface area contributed by atoms with Gasteiger partial charge in [0, 0.05) is 10.2 Å². The van der Waals surface area contributed by atoms with Crippen molar-refractivity contribution in [2.45, 2.75) is 5.75 Å². The monoisotopic (exact) mass is 372 g/mol. The van der Waals surface area contributed by atoms with Crippen LogP contribution in [0.2, 0.25) is 10.0 Å². The lowest BCUT2D eigenvalue weighted by atomic mass is 10.2. The number of rotatable bonds is 4. The Bertz CT molecular complexity index is 579. The highest BCUT2D eigenvalue weighted by molar-refractivity contribution is 9.10. The Hall–Kier alpha value is -0.410. The van der Waals surface area contributed by atoms with Crippen molar-refractivity contribution in [2.75, 3.05) is 0 Å². The van der Waals surface area contributed by atoms with Crippen molar-refractivity contribution >= 4 is 57.0 Å². The first kappa shape index (κ1) is 15.0. The zero-order chi connectivity index (χ0) is 13.7. The van der Waals surface area contributed by atoms with Gasteiger partial charge in [0.25, 0.3) is 0 Å². The van der Waals surface area contributed by atoms with Gasteiger partial charge in [-0.3, -0.25) is 0 Å². The van der Waals surface area contributed by atoms with E-state index in [0.29, 0.717) is 10.0 Å². The average Bonchev–Trinajstić information content (AvgIpc) is 2.41. The van der Waals surface area contributed by atoms with Crippen LogP contribution in [0.3, 0.4) is 0 Å². The van der Waals surface area contributed by atoms with Crippen LogP contribution in [0.5, 0.6) is 0 Å². The summed E-state index contributed by atoms with van der Waals surface area (Å²) >= 11 is 17.2. The van der Waals surface area contributed by atoms with Gasteiger partial charge in [0.1, 0.15) is 0 Å². The third kappa shape index (κ3) is 4.57. The van der Waals surface area contributed by atoms with E-state index in [1.807, 2.05) is 35.7 Å². The van der Waals surface area contributed by atoms with Crippen molar-refractivity contribution < 1.29 is 0 Å². The minimum Gasteiger partial charge on any atom is -0.129 e. The van der Waals surface area contributed by atoms with Crippen LogP contribution < -0.4 is 0 Å². The van der Waals surface area contributed by atoms with Gasteiger partial charge >= 0.3 is 0 Å². The Morgan fingerprint density at radius 2 is 1.79 bits per heavy atom. The van der Waals surface area contributed by atoms with E-state index in [9.17, 15) is 0 Å². The maximum absolute atomic E-state index is 6.11. The third-order valence-corrected chi connectivity index (χ3v) is 4.68. The van der Waals surface area contributed by atoms with E-state index in [1.54, 1.807) is 17.8 Å². The van der Waals surface area contributed by atoms with E-state index in [1.165, 1.54) is 5.56 Å². The van der Waals surface area contributed by atoms with Gasteiger partial charge in [-0.2, -0.15) is 0 Å². The largest absolute Gasteiger partial charge is 0.129 e. The summed E-state index contributed by atoms with van der Waals surface area (Å²) in [5.74, 6) is 0.933. The molecule has 0 saturated heterocycles. The Balaban J connectivity index is 1.93. The van der Waals surface area contributed by atoms with E-state index in [2.05, 4.69) is 28.1 Å². The molecule has 0 aliphatic carbocycles. The van der Waals surface area contributed by atoms with E-state index in [4.69, 9.17) is 23.2 Å². The molecule has 0 heterocycles. The number of benzene rings is 2. The number of thioether (sulfide) groups is 1. The molecule has 0 aromatic heterocycles. The van der Waals surface area contributed by atoms with E-state index in [-0.39, 0.29) is 0 Å². The summed E-state index contributed by atoms with van der Waals surface area (Å²) in [4.78, 5) is 0. The summed E-state index contributed by atoms with van der Waals surface area (Å²) in [7, 11) is 0. The highest BCUT2D eigenvalue weighted by Gasteiger charge is 2.00. The van der Waals surface area contributed by atoms with Gasteiger partial charge in [0.15, 0.2) is 0 Å². The van der Waals surface area contributed by atoms with Gasteiger partial charge < -0.3 is 0 Å². The second-order valence-electron chi connectivity index (χ2n) is 3.88. The quantitative estimate of drug-likeness (QED) is 0.577. The Labute approximate surface area is 135 Å². The van der Waals surface area contributed by atoms with Crippen LogP contribution in [-0.4, -0.2) is 0 Å². The highest BCUT2D eigenvalue weighted by Crippen LogP contribution is 2.27. The normalized spacial score (nSPS) is 11.1. The molecule has 0 nitrogen and oxygen atoms in total. The first-order valence-electron chi connectivity index (χ1n) is 5.63. The van der Waals surface area contributed by atoms with E-state index < -0.39 is 0 Å². The second kappa shape index (κ2) is 7.39. The van der Waals surface area contributed by atoms with Crippen LogP contribution >= 0.6 is 50.9 Å². The minimum atomic E-state index is 0.585. The zero-order valence-electron chi connectivity index (χ0n) is 9.95. The van der Waals surface area contributed by atoms with Crippen LogP contribution in [0.1, 0.15) is 11.1 Å². The molecule has 0 saturated carbocycles. The lowest BCUT2D eigenvalue weighted by Gasteiger charge is -2.00. The molecule has 19 heavy (non-hydrogen) atoms. The molecule has 0 amide bonds. The predicted molar refractivity (Wildman–Crippen MR) is 90.9 cm³/mol. The fraction of sp³-hybridized carbons (Fsp3) is 0.0667. The number of halogens is 3. The van der Waals surface area contributed by atoms with Crippen molar-refractivity contribution in [2.24, 2.45) is 0 Å². The zero-order valence-corrected chi connectivity index (χ0v) is 13.9.